The lowest BCUT2D eigenvalue weighted by atomic mass is 10.2. The number of β-amino-alcohol motifs (C(OH)–C–C–N with tert-alkyl or cyclic N) is 1. The van der Waals surface area contributed by atoms with E-state index in [1.165, 1.54) is 0 Å². The molecule has 5 nitrogen and oxygen atoms in total. The second-order valence-electron chi connectivity index (χ2n) is 4.74. The van der Waals surface area contributed by atoms with Gasteiger partial charge in [0.05, 0.1) is 12.2 Å². The van der Waals surface area contributed by atoms with Gasteiger partial charge in [-0.05, 0) is 19.1 Å². The van der Waals surface area contributed by atoms with Crippen molar-refractivity contribution in [2.45, 2.75) is 6.92 Å². The number of thiocarbonyl (C=S) groups is 1. The van der Waals surface area contributed by atoms with E-state index in [2.05, 4.69) is 14.8 Å². The van der Waals surface area contributed by atoms with E-state index in [0.29, 0.717) is 4.99 Å². The molecule has 104 valence electrons. The van der Waals surface area contributed by atoms with Crippen molar-refractivity contribution < 1.29 is 5.11 Å². The molecule has 0 bridgehead atoms. The molecular weight excluding hydrogens is 260 g/mol. The van der Waals surface area contributed by atoms with Crippen LogP contribution in [0.2, 0.25) is 0 Å². The number of hydrogen-bond donors (Lipinski definition) is 2. The number of aliphatic hydroxyl groups excluding tert-OH is 1. The Labute approximate surface area is 119 Å². The number of pyridine rings is 1. The molecule has 0 radical (unpaired) electrons. The molecule has 1 fully saturated rings. The van der Waals surface area contributed by atoms with Gasteiger partial charge in [-0.1, -0.05) is 12.2 Å². The average molecular weight is 280 g/mol. The fourth-order valence-corrected chi connectivity index (χ4v) is 2.46. The predicted octanol–water partition coefficient (Wildman–Crippen LogP) is 0.139. The summed E-state index contributed by atoms with van der Waals surface area (Å²) < 4.78 is 0. The molecule has 0 aliphatic carbocycles. The summed E-state index contributed by atoms with van der Waals surface area (Å²) in [5, 5.41) is 8.95. The Morgan fingerprint density at radius 2 is 2.05 bits per heavy atom. The molecule has 0 amide bonds. The molecule has 1 aliphatic heterocycles. The lowest BCUT2D eigenvalue weighted by Crippen LogP contribution is -2.48. The first-order valence-electron chi connectivity index (χ1n) is 6.47. The molecule has 3 N–H and O–H groups in total. The summed E-state index contributed by atoms with van der Waals surface area (Å²) in [5.41, 5.74) is 7.58. The van der Waals surface area contributed by atoms with Gasteiger partial charge in [0.25, 0.3) is 0 Å². The van der Waals surface area contributed by atoms with Crippen LogP contribution in [-0.4, -0.2) is 59.3 Å². The van der Waals surface area contributed by atoms with Gasteiger partial charge in [0.2, 0.25) is 0 Å². The summed E-state index contributed by atoms with van der Waals surface area (Å²) in [4.78, 5) is 9.43. The lowest BCUT2D eigenvalue weighted by molar-refractivity contribution is 0.188. The standard InChI is InChI=1S/C13H20N4OS/c1-10-2-3-11(12(14)19)13(15-10)17-6-4-16(5-7-17)8-9-18/h2-3,18H,4-9H2,1H3,(H2,14,19). The average Bonchev–Trinajstić information content (AvgIpc) is 2.39. The molecule has 2 heterocycles. The van der Waals surface area contributed by atoms with Crippen molar-refractivity contribution in [3.63, 3.8) is 0 Å². The summed E-state index contributed by atoms with van der Waals surface area (Å²) in [6.07, 6.45) is 0. The number of aryl methyl sites for hydroxylation is 1. The van der Waals surface area contributed by atoms with Crippen molar-refractivity contribution in [1.29, 1.82) is 0 Å². The van der Waals surface area contributed by atoms with E-state index in [0.717, 1.165) is 49.8 Å². The predicted molar refractivity (Wildman–Crippen MR) is 80.6 cm³/mol. The van der Waals surface area contributed by atoms with E-state index in [1.807, 2.05) is 19.1 Å². The van der Waals surface area contributed by atoms with Gasteiger partial charge in [-0.2, -0.15) is 0 Å². The van der Waals surface area contributed by atoms with Crippen molar-refractivity contribution in [3.8, 4) is 0 Å². The largest absolute Gasteiger partial charge is 0.395 e. The van der Waals surface area contributed by atoms with E-state index in [4.69, 9.17) is 23.1 Å². The molecule has 6 heteroatoms. The Balaban J connectivity index is 2.14. The van der Waals surface area contributed by atoms with Crippen molar-refractivity contribution in [1.82, 2.24) is 9.88 Å². The highest BCUT2D eigenvalue weighted by molar-refractivity contribution is 7.80. The maximum Gasteiger partial charge on any atom is 0.139 e. The van der Waals surface area contributed by atoms with E-state index in [-0.39, 0.29) is 6.61 Å². The summed E-state index contributed by atoms with van der Waals surface area (Å²) in [6, 6.07) is 3.88. The zero-order valence-corrected chi connectivity index (χ0v) is 12.0. The Hall–Kier alpha value is -1.24. The summed E-state index contributed by atoms with van der Waals surface area (Å²) >= 11 is 5.09. The number of hydrogen-bond acceptors (Lipinski definition) is 5. The number of aromatic nitrogens is 1. The van der Waals surface area contributed by atoms with E-state index in [9.17, 15) is 0 Å². The highest BCUT2D eigenvalue weighted by Crippen LogP contribution is 2.20. The third kappa shape index (κ3) is 3.40. The topological polar surface area (TPSA) is 65.6 Å². The van der Waals surface area contributed by atoms with Gasteiger partial charge < -0.3 is 15.7 Å². The monoisotopic (exact) mass is 280 g/mol. The fraction of sp³-hybridized carbons (Fsp3) is 0.538. The molecule has 0 spiro atoms. The molecule has 1 saturated heterocycles. The van der Waals surface area contributed by atoms with E-state index in [1.54, 1.807) is 0 Å². The number of anilines is 1. The molecule has 19 heavy (non-hydrogen) atoms. The van der Waals surface area contributed by atoms with E-state index >= 15 is 0 Å². The summed E-state index contributed by atoms with van der Waals surface area (Å²) in [5.74, 6) is 0.885. The first-order valence-corrected chi connectivity index (χ1v) is 6.88. The van der Waals surface area contributed by atoms with Crippen molar-refractivity contribution >= 4 is 23.0 Å². The minimum Gasteiger partial charge on any atom is -0.395 e. The van der Waals surface area contributed by atoms with Crippen LogP contribution in [0.3, 0.4) is 0 Å². The third-order valence-corrected chi connectivity index (χ3v) is 3.59. The quantitative estimate of drug-likeness (QED) is 0.765. The highest BCUT2D eigenvalue weighted by Gasteiger charge is 2.20. The van der Waals surface area contributed by atoms with Crippen molar-refractivity contribution in [2.24, 2.45) is 5.73 Å². The van der Waals surface area contributed by atoms with Crippen LogP contribution >= 0.6 is 12.2 Å². The maximum absolute atomic E-state index is 8.95. The maximum atomic E-state index is 8.95. The van der Waals surface area contributed by atoms with Crippen LogP contribution in [0.4, 0.5) is 5.82 Å². The van der Waals surface area contributed by atoms with Crippen LogP contribution < -0.4 is 10.6 Å². The second kappa shape index (κ2) is 6.27. The first-order chi connectivity index (χ1) is 9.11. The van der Waals surface area contributed by atoms with Crippen LogP contribution in [0.25, 0.3) is 0 Å². The summed E-state index contributed by atoms with van der Waals surface area (Å²) in [7, 11) is 0. The molecule has 1 aliphatic rings. The summed E-state index contributed by atoms with van der Waals surface area (Å²) in [6.45, 7) is 6.52. The van der Waals surface area contributed by atoms with Gasteiger partial charge in [0, 0.05) is 38.4 Å². The normalized spacial score (nSPS) is 16.6. The number of aliphatic hydroxyl groups is 1. The van der Waals surface area contributed by atoms with Gasteiger partial charge in [0.15, 0.2) is 0 Å². The Morgan fingerprint density at radius 3 is 2.63 bits per heavy atom. The number of piperazine rings is 1. The van der Waals surface area contributed by atoms with Crippen LogP contribution in [0, 0.1) is 6.92 Å². The van der Waals surface area contributed by atoms with Gasteiger partial charge in [-0.3, -0.25) is 4.90 Å². The van der Waals surface area contributed by atoms with E-state index < -0.39 is 0 Å². The minimum absolute atomic E-state index is 0.209. The van der Waals surface area contributed by atoms with Crippen LogP contribution in [0.5, 0.6) is 0 Å². The Bertz CT molecular complexity index is 458. The fourth-order valence-electron chi connectivity index (χ4n) is 2.30. The first kappa shape index (κ1) is 14.2. The molecule has 0 saturated carbocycles. The number of nitrogens with two attached hydrogens (primary N) is 1. The molecular formula is C13H20N4OS. The van der Waals surface area contributed by atoms with Gasteiger partial charge >= 0.3 is 0 Å². The number of rotatable bonds is 4. The molecule has 0 unspecified atom stereocenters. The molecule has 0 atom stereocenters. The molecule has 2 rings (SSSR count). The number of nitrogens with zero attached hydrogens (tertiary/aromatic N) is 3. The Kier molecular flexibility index (Phi) is 4.68. The second-order valence-corrected chi connectivity index (χ2v) is 5.18. The van der Waals surface area contributed by atoms with Gasteiger partial charge in [-0.15, -0.1) is 0 Å². The van der Waals surface area contributed by atoms with Crippen molar-refractivity contribution in [3.05, 3.63) is 23.4 Å². The zero-order valence-electron chi connectivity index (χ0n) is 11.2. The molecule has 0 aromatic carbocycles. The van der Waals surface area contributed by atoms with Crippen molar-refractivity contribution in [2.75, 3.05) is 44.2 Å². The molecule has 1 aromatic rings. The lowest BCUT2D eigenvalue weighted by Gasteiger charge is -2.35. The Morgan fingerprint density at radius 1 is 1.37 bits per heavy atom. The SMILES string of the molecule is Cc1ccc(C(N)=S)c(N2CCN(CCO)CC2)n1. The molecule has 1 aromatic heterocycles. The third-order valence-electron chi connectivity index (χ3n) is 3.37. The highest BCUT2D eigenvalue weighted by atomic mass is 32.1. The minimum atomic E-state index is 0.209. The van der Waals surface area contributed by atoms with Crippen LogP contribution in [0.1, 0.15) is 11.3 Å². The zero-order chi connectivity index (χ0) is 13.8. The van der Waals surface area contributed by atoms with Gasteiger partial charge in [-0.25, -0.2) is 4.98 Å². The smallest absolute Gasteiger partial charge is 0.139 e. The van der Waals surface area contributed by atoms with Crippen LogP contribution in [0.15, 0.2) is 12.1 Å². The van der Waals surface area contributed by atoms with Gasteiger partial charge in [0.1, 0.15) is 10.8 Å². The van der Waals surface area contributed by atoms with Crippen LogP contribution in [-0.2, 0) is 0 Å².